The summed E-state index contributed by atoms with van der Waals surface area (Å²) in [6.07, 6.45) is 4.67. The average molecular weight is 380 g/mol. The molecular formula is C16H16N10S. The second kappa shape index (κ2) is 7.18. The predicted octanol–water partition coefficient (Wildman–Crippen LogP) is 1.61. The highest BCUT2D eigenvalue weighted by Gasteiger charge is 2.27. The Kier molecular flexibility index (Phi) is 4.57. The van der Waals surface area contributed by atoms with E-state index in [-0.39, 0.29) is 11.7 Å². The predicted molar refractivity (Wildman–Crippen MR) is 100 cm³/mol. The lowest BCUT2D eigenvalue weighted by Gasteiger charge is -2.34. The third-order valence-corrected chi connectivity index (χ3v) is 4.92. The summed E-state index contributed by atoms with van der Waals surface area (Å²) >= 11 is 1.46. The van der Waals surface area contributed by atoms with Crippen LogP contribution in [0.15, 0.2) is 18.5 Å². The largest absolute Gasteiger partial charge is 0.380 e. The summed E-state index contributed by atoms with van der Waals surface area (Å²) in [5.41, 5.74) is 7.60. The third-order valence-electron chi connectivity index (χ3n) is 4.08. The Morgan fingerprint density at radius 2 is 2.00 bits per heavy atom. The molecule has 0 unspecified atom stereocenters. The van der Waals surface area contributed by atoms with E-state index in [1.165, 1.54) is 23.7 Å². The van der Waals surface area contributed by atoms with Crippen LogP contribution in [0.1, 0.15) is 23.5 Å². The number of nitrogens with zero attached hydrogens (tertiary/aromatic N) is 7. The van der Waals surface area contributed by atoms with Crippen molar-refractivity contribution in [1.29, 1.82) is 5.26 Å². The minimum absolute atomic E-state index is 0.232. The number of hydrogen-bond acceptors (Lipinski definition) is 11. The second-order valence-corrected chi connectivity index (χ2v) is 7.40. The summed E-state index contributed by atoms with van der Waals surface area (Å²) in [7, 11) is 0. The van der Waals surface area contributed by atoms with Crippen LogP contribution in [-0.4, -0.2) is 42.4 Å². The molecule has 1 aliphatic carbocycles. The average Bonchev–Trinajstić information content (AvgIpc) is 3.07. The molecule has 3 aromatic rings. The van der Waals surface area contributed by atoms with E-state index in [0.29, 0.717) is 28.4 Å². The summed E-state index contributed by atoms with van der Waals surface area (Å²) in [5, 5.41) is 33.6. The van der Waals surface area contributed by atoms with Gasteiger partial charge in [-0.05, 0) is 19.8 Å². The Bertz CT molecular complexity index is 987. The third kappa shape index (κ3) is 3.81. The number of aromatic nitrogens is 6. The van der Waals surface area contributed by atoms with Crippen molar-refractivity contribution in [2.24, 2.45) is 5.73 Å². The van der Waals surface area contributed by atoms with Gasteiger partial charge in [-0.25, -0.2) is 9.97 Å². The van der Waals surface area contributed by atoms with Gasteiger partial charge in [-0.1, -0.05) is 11.3 Å². The highest BCUT2D eigenvalue weighted by Crippen LogP contribution is 2.32. The zero-order chi connectivity index (χ0) is 18.8. The quantitative estimate of drug-likeness (QED) is 0.595. The van der Waals surface area contributed by atoms with E-state index in [0.717, 1.165) is 23.5 Å². The zero-order valence-electron chi connectivity index (χ0n) is 14.4. The van der Waals surface area contributed by atoms with Gasteiger partial charge in [0, 0.05) is 18.2 Å². The molecule has 0 radical (unpaired) electrons. The molecule has 0 spiro atoms. The van der Waals surface area contributed by atoms with Crippen LogP contribution in [0.3, 0.4) is 0 Å². The summed E-state index contributed by atoms with van der Waals surface area (Å²) in [4.78, 5) is 8.12. The minimum atomic E-state index is 0.232. The molecule has 136 valence electrons. The van der Waals surface area contributed by atoms with Crippen molar-refractivity contribution in [1.82, 2.24) is 30.4 Å². The fraction of sp³-hybridized carbons (Fsp3) is 0.312. The van der Waals surface area contributed by atoms with Crippen LogP contribution in [0.25, 0.3) is 10.7 Å². The lowest BCUT2D eigenvalue weighted by Crippen LogP contribution is -2.44. The first-order valence-corrected chi connectivity index (χ1v) is 9.12. The molecule has 1 saturated carbocycles. The lowest BCUT2D eigenvalue weighted by molar-refractivity contribution is 0.373. The Morgan fingerprint density at radius 1 is 1.15 bits per heavy atom. The van der Waals surface area contributed by atoms with E-state index in [9.17, 15) is 0 Å². The van der Waals surface area contributed by atoms with Gasteiger partial charge in [-0.15, -0.1) is 20.4 Å². The van der Waals surface area contributed by atoms with Gasteiger partial charge >= 0.3 is 0 Å². The maximum Gasteiger partial charge on any atom is 0.170 e. The van der Waals surface area contributed by atoms with Crippen molar-refractivity contribution in [2.45, 2.75) is 31.8 Å². The van der Waals surface area contributed by atoms with E-state index in [1.54, 1.807) is 0 Å². The van der Waals surface area contributed by atoms with Crippen molar-refractivity contribution in [3.05, 3.63) is 29.2 Å². The molecule has 10 nitrogen and oxygen atoms in total. The van der Waals surface area contributed by atoms with E-state index in [1.807, 2.05) is 19.1 Å². The lowest BCUT2D eigenvalue weighted by atomic mass is 9.87. The fourth-order valence-electron chi connectivity index (χ4n) is 2.69. The van der Waals surface area contributed by atoms with E-state index in [2.05, 4.69) is 41.0 Å². The number of nitrogens with one attached hydrogen (secondary N) is 2. The number of anilines is 3. The molecule has 0 bridgehead atoms. The molecule has 4 rings (SSSR count). The molecule has 11 heteroatoms. The fourth-order valence-corrected chi connectivity index (χ4v) is 3.38. The second-order valence-electron chi connectivity index (χ2n) is 6.21. The Hall–Kier alpha value is -3.23. The Morgan fingerprint density at radius 3 is 2.63 bits per heavy atom. The summed E-state index contributed by atoms with van der Waals surface area (Å²) in [6.45, 7) is 1.89. The first kappa shape index (κ1) is 17.2. The molecular weight excluding hydrogens is 364 g/mol. The van der Waals surface area contributed by atoms with Gasteiger partial charge in [-0.2, -0.15) is 5.26 Å². The topological polar surface area (TPSA) is 151 Å². The Labute approximate surface area is 158 Å². The number of aryl methyl sites for hydroxylation is 1. The molecule has 3 aromatic heterocycles. The highest BCUT2D eigenvalue weighted by molar-refractivity contribution is 7.14. The van der Waals surface area contributed by atoms with Gasteiger partial charge in [-0.3, -0.25) is 0 Å². The molecule has 0 amide bonds. The molecule has 0 aromatic carbocycles. The van der Waals surface area contributed by atoms with Crippen LogP contribution in [-0.2, 0) is 0 Å². The molecule has 0 aliphatic heterocycles. The molecule has 27 heavy (non-hydrogen) atoms. The van der Waals surface area contributed by atoms with Crippen molar-refractivity contribution in [3.8, 4) is 16.8 Å². The van der Waals surface area contributed by atoms with Crippen LogP contribution in [0.2, 0.25) is 0 Å². The highest BCUT2D eigenvalue weighted by atomic mass is 32.1. The molecule has 1 fully saturated rings. The molecule has 1 aliphatic rings. The van der Waals surface area contributed by atoms with Crippen molar-refractivity contribution in [3.63, 3.8) is 0 Å². The van der Waals surface area contributed by atoms with Gasteiger partial charge in [0.1, 0.15) is 22.6 Å². The number of nitrogens with two attached hydrogens (primary N) is 1. The maximum atomic E-state index is 8.80. The van der Waals surface area contributed by atoms with Crippen molar-refractivity contribution >= 4 is 28.7 Å². The van der Waals surface area contributed by atoms with E-state index < -0.39 is 0 Å². The van der Waals surface area contributed by atoms with Gasteiger partial charge < -0.3 is 16.4 Å². The van der Waals surface area contributed by atoms with Crippen molar-refractivity contribution < 1.29 is 0 Å². The zero-order valence-corrected chi connectivity index (χ0v) is 15.2. The van der Waals surface area contributed by atoms with Crippen LogP contribution < -0.4 is 16.4 Å². The summed E-state index contributed by atoms with van der Waals surface area (Å²) < 4.78 is 0. The van der Waals surface area contributed by atoms with Gasteiger partial charge in [0.25, 0.3) is 0 Å². The van der Waals surface area contributed by atoms with Crippen LogP contribution in [0.4, 0.5) is 17.3 Å². The normalized spacial score (nSPS) is 18.4. The van der Waals surface area contributed by atoms with Crippen LogP contribution in [0, 0.1) is 18.3 Å². The first-order valence-electron chi connectivity index (χ1n) is 8.30. The Balaban J connectivity index is 1.61. The number of nitriles is 1. The summed E-state index contributed by atoms with van der Waals surface area (Å²) in [5.74, 6) is 0.976. The smallest absolute Gasteiger partial charge is 0.170 e. The van der Waals surface area contributed by atoms with E-state index in [4.69, 9.17) is 11.0 Å². The standard InChI is InChI=1S/C16H16N10S/c1-8-23-26-16(27-8)15-12(21-10-2-9(18)3-10)4-13(24-25-15)22-14-7-19-11(5-17)6-20-14/h4,6-7,9-10H,2-3,18H2,1H3,(H2,20,21,22,24). The first-order chi connectivity index (χ1) is 13.1. The minimum Gasteiger partial charge on any atom is -0.380 e. The number of rotatable bonds is 5. The van der Waals surface area contributed by atoms with Crippen molar-refractivity contribution in [2.75, 3.05) is 10.6 Å². The van der Waals surface area contributed by atoms with Crippen LogP contribution >= 0.6 is 11.3 Å². The molecule has 3 heterocycles. The molecule has 0 saturated heterocycles. The van der Waals surface area contributed by atoms with Gasteiger partial charge in [0.05, 0.1) is 18.1 Å². The van der Waals surface area contributed by atoms with E-state index >= 15 is 0 Å². The van der Waals surface area contributed by atoms with Crippen LogP contribution in [0.5, 0.6) is 0 Å². The molecule has 4 N–H and O–H groups in total. The SMILES string of the molecule is Cc1nnc(-c2nnc(Nc3cnc(C#N)cn3)cc2NC2CC(N)C2)s1. The molecule has 0 atom stereocenters. The number of hydrogen-bond donors (Lipinski definition) is 3. The maximum absolute atomic E-state index is 8.80. The van der Waals surface area contributed by atoms with Gasteiger partial charge in [0.2, 0.25) is 0 Å². The monoisotopic (exact) mass is 380 g/mol. The van der Waals surface area contributed by atoms with Gasteiger partial charge in [0.15, 0.2) is 16.5 Å². The summed E-state index contributed by atoms with van der Waals surface area (Å²) in [6, 6.07) is 4.31.